The van der Waals surface area contributed by atoms with Crippen LogP contribution in [0.1, 0.15) is 37.1 Å². The van der Waals surface area contributed by atoms with Gasteiger partial charge in [-0.15, -0.1) is 0 Å². The largest absolute Gasteiger partial charge is 0.384 e. The van der Waals surface area contributed by atoms with Gasteiger partial charge in [-0.1, -0.05) is 6.42 Å². The van der Waals surface area contributed by atoms with Gasteiger partial charge in [0.25, 0.3) is 0 Å². The van der Waals surface area contributed by atoms with E-state index in [0.29, 0.717) is 0 Å². The zero-order valence-corrected chi connectivity index (χ0v) is 9.84. The van der Waals surface area contributed by atoms with Gasteiger partial charge in [0.2, 0.25) is 0 Å². The van der Waals surface area contributed by atoms with E-state index < -0.39 is 0 Å². The maximum Gasteiger partial charge on any atom is 0.0638 e. The first-order valence-electron chi connectivity index (χ1n) is 6.33. The van der Waals surface area contributed by atoms with Gasteiger partial charge in [-0.25, -0.2) is 0 Å². The highest BCUT2D eigenvalue weighted by molar-refractivity contribution is 5.50. The second kappa shape index (κ2) is 5.85. The highest BCUT2D eigenvalue weighted by Crippen LogP contribution is 2.20. The normalized spacial score (nSPS) is 14.3. The van der Waals surface area contributed by atoms with Crippen molar-refractivity contribution in [3.8, 4) is 0 Å². The fourth-order valence-corrected chi connectivity index (χ4v) is 2.14. The Bertz CT molecular complexity index is 336. The van der Waals surface area contributed by atoms with Crippen LogP contribution in [0.5, 0.6) is 0 Å². The summed E-state index contributed by atoms with van der Waals surface area (Å²) in [6, 6.07) is 4.33. The smallest absolute Gasteiger partial charge is 0.0638 e. The molecule has 3 N–H and O–H groups in total. The van der Waals surface area contributed by atoms with Crippen LogP contribution in [0.25, 0.3) is 0 Å². The predicted octanol–water partition coefficient (Wildman–Crippen LogP) is 2.11. The summed E-state index contributed by atoms with van der Waals surface area (Å²) in [6.45, 7) is 1.89. The molecule has 0 aliphatic carbocycles. The Morgan fingerprint density at radius 3 is 3.06 bits per heavy atom. The molecule has 0 amide bonds. The van der Waals surface area contributed by atoms with E-state index in [0.717, 1.165) is 32.4 Å². The highest BCUT2D eigenvalue weighted by Gasteiger charge is 2.09. The Balaban J connectivity index is 1.90. The lowest BCUT2D eigenvalue weighted by Crippen LogP contribution is -2.13. The summed E-state index contributed by atoms with van der Waals surface area (Å²) in [5, 5.41) is 3.39. The molecule has 0 saturated carbocycles. The number of unbranched alkanes of at least 4 members (excludes halogenated alkanes) is 2. The molecule has 88 valence electrons. The minimum atomic E-state index is 0.807. The van der Waals surface area contributed by atoms with Crippen molar-refractivity contribution in [2.45, 2.75) is 38.5 Å². The molecule has 0 aromatic carbocycles. The number of nitrogens with one attached hydrogen (secondary N) is 1. The number of rotatable bonds is 5. The molecule has 0 saturated heterocycles. The fourth-order valence-electron chi connectivity index (χ4n) is 2.14. The first-order valence-corrected chi connectivity index (χ1v) is 6.33. The molecule has 0 spiro atoms. The average molecular weight is 219 g/mol. The van der Waals surface area contributed by atoms with Gasteiger partial charge in [-0.3, -0.25) is 4.98 Å². The lowest BCUT2D eigenvalue weighted by atomic mass is 10.1. The number of nitrogens with zero attached hydrogens (tertiary/aromatic N) is 1. The Kier molecular flexibility index (Phi) is 4.17. The van der Waals surface area contributed by atoms with Gasteiger partial charge in [0.05, 0.1) is 11.4 Å². The molecule has 16 heavy (non-hydrogen) atoms. The monoisotopic (exact) mass is 219 g/mol. The van der Waals surface area contributed by atoms with Crippen LogP contribution in [0, 0.1) is 0 Å². The van der Waals surface area contributed by atoms with E-state index in [4.69, 9.17) is 10.7 Å². The van der Waals surface area contributed by atoms with Gasteiger partial charge >= 0.3 is 0 Å². The van der Waals surface area contributed by atoms with Crippen LogP contribution in [0.2, 0.25) is 0 Å². The van der Waals surface area contributed by atoms with Crippen molar-refractivity contribution in [2.75, 3.05) is 18.4 Å². The molecule has 0 bridgehead atoms. The summed E-state index contributed by atoms with van der Waals surface area (Å²) in [5.74, 6) is 0. The Morgan fingerprint density at radius 2 is 2.19 bits per heavy atom. The molecule has 1 aliphatic rings. The van der Waals surface area contributed by atoms with Gasteiger partial charge in [0.15, 0.2) is 0 Å². The minimum Gasteiger partial charge on any atom is -0.384 e. The summed E-state index contributed by atoms with van der Waals surface area (Å²) in [4.78, 5) is 4.72. The Morgan fingerprint density at radius 1 is 1.25 bits per heavy atom. The van der Waals surface area contributed by atoms with Crippen molar-refractivity contribution in [3.05, 3.63) is 23.5 Å². The number of nitrogens with two attached hydrogens (primary N) is 1. The summed E-state index contributed by atoms with van der Waals surface area (Å²) in [7, 11) is 0. The molecule has 2 heterocycles. The minimum absolute atomic E-state index is 0.807. The highest BCUT2D eigenvalue weighted by atomic mass is 14.9. The number of hydrogen-bond donors (Lipinski definition) is 2. The SMILES string of the molecule is NCCCCCc1ccc2c(n1)CCCN2. The maximum atomic E-state index is 5.48. The topological polar surface area (TPSA) is 50.9 Å². The Hall–Kier alpha value is -1.09. The molecular weight excluding hydrogens is 198 g/mol. The number of aryl methyl sites for hydroxylation is 2. The molecule has 0 fully saturated rings. The number of fused-ring (bicyclic) bond motifs is 1. The third-order valence-corrected chi connectivity index (χ3v) is 3.07. The predicted molar refractivity (Wildman–Crippen MR) is 67.7 cm³/mol. The van der Waals surface area contributed by atoms with Crippen molar-refractivity contribution >= 4 is 5.69 Å². The second-order valence-corrected chi connectivity index (χ2v) is 4.43. The number of anilines is 1. The molecule has 3 nitrogen and oxygen atoms in total. The molecule has 2 rings (SSSR count). The number of pyridine rings is 1. The van der Waals surface area contributed by atoms with Gasteiger partial charge in [-0.05, 0) is 50.8 Å². The third-order valence-electron chi connectivity index (χ3n) is 3.07. The van der Waals surface area contributed by atoms with E-state index in [-0.39, 0.29) is 0 Å². The van der Waals surface area contributed by atoms with E-state index in [9.17, 15) is 0 Å². The average Bonchev–Trinajstić information content (AvgIpc) is 2.34. The molecule has 1 aromatic rings. The van der Waals surface area contributed by atoms with Crippen LogP contribution in [-0.4, -0.2) is 18.1 Å². The Labute approximate surface area is 97.5 Å². The molecule has 0 atom stereocenters. The van der Waals surface area contributed by atoms with E-state index >= 15 is 0 Å². The van der Waals surface area contributed by atoms with Gasteiger partial charge in [0, 0.05) is 12.2 Å². The maximum absolute atomic E-state index is 5.48. The first kappa shape index (κ1) is 11.4. The van der Waals surface area contributed by atoms with Crippen LogP contribution in [0.3, 0.4) is 0 Å². The lowest BCUT2D eigenvalue weighted by molar-refractivity contribution is 0.675. The quantitative estimate of drug-likeness (QED) is 0.746. The zero-order valence-electron chi connectivity index (χ0n) is 9.84. The van der Waals surface area contributed by atoms with Crippen LogP contribution >= 0.6 is 0 Å². The van der Waals surface area contributed by atoms with E-state index in [1.807, 2.05) is 0 Å². The summed E-state index contributed by atoms with van der Waals surface area (Å²) >= 11 is 0. The number of hydrogen-bond acceptors (Lipinski definition) is 3. The molecular formula is C13H21N3. The van der Waals surface area contributed by atoms with Gasteiger partial charge in [-0.2, -0.15) is 0 Å². The van der Waals surface area contributed by atoms with E-state index in [1.165, 1.54) is 36.3 Å². The third kappa shape index (κ3) is 2.95. The van der Waals surface area contributed by atoms with Crippen molar-refractivity contribution in [1.82, 2.24) is 4.98 Å². The van der Waals surface area contributed by atoms with Crippen LogP contribution in [0.15, 0.2) is 12.1 Å². The van der Waals surface area contributed by atoms with Crippen LogP contribution in [0.4, 0.5) is 5.69 Å². The van der Waals surface area contributed by atoms with E-state index in [1.54, 1.807) is 0 Å². The van der Waals surface area contributed by atoms with Crippen LogP contribution in [-0.2, 0) is 12.8 Å². The molecule has 0 radical (unpaired) electrons. The molecule has 0 unspecified atom stereocenters. The summed E-state index contributed by atoms with van der Waals surface area (Å²) in [5.41, 5.74) is 9.20. The molecule has 1 aromatic heterocycles. The van der Waals surface area contributed by atoms with Gasteiger partial charge in [0.1, 0.15) is 0 Å². The van der Waals surface area contributed by atoms with E-state index in [2.05, 4.69) is 17.4 Å². The summed E-state index contributed by atoms with van der Waals surface area (Å²) in [6.07, 6.45) is 6.97. The fraction of sp³-hybridized carbons (Fsp3) is 0.615. The van der Waals surface area contributed by atoms with Crippen molar-refractivity contribution < 1.29 is 0 Å². The molecule has 1 aliphatic heterocycles. The van der Waals surface area contributed by atoms with Crippen molar-refractivity contribution in [2.24, 2.45) is 5.73 Å². The standard InChI is InChI=1S/C13H21N3/c14-9-3-1-2-5-11-7-8-12-13(16-11)6-4-10-15-12/h7-8,15H,1-6,9-10,14H2. The zero-order chi connectivity index (χ0) is 11.2. The summed E-state index contributed by atoms with van der Waals surface area (Å²) < 4.78 is 0. The second-order valence-electron chi connectivity index (χ2n) is 4.43. The number of aromatic nitrogens is 1. The molecule has 3 heteroatoms. The van der Waals surface area contributed by atoms with Crippen LogP contribution < -0.4 is 11.1 Å². The first-order chi connectivity index (χ1) is 7.90. The van der Waals surface area contributed by atoms with Crippen molar-refractivity contribution in [3.63, 3.8) is 0 Å². The lowest BCUT2D eigenvalue weighted by Gasteiger charge is -2.17. The van der Waals surface area contributed by atoms with Crippen molar-refractivity contribution in [1.29, 1.82) is 0 Å². The van der Waals surface area contributed by atoms with Gasteiger partial charge < -0.3 is 11.1 Å².